The third-order valence-electron chi connectivity index (χ3n) is 3.96. The maximum atomic E-state index is 12.4. The first-order valence-electron chi connectivity index (χ1n) is 6.51. The third kappa shape index (κ3) is 3.66. The Labute approximate surface area is 130 Å². The van der Waals surface area contributed by atoms with E-state index >= 15 is 0 Å². The van der Waals surface area contributed by atoms with Gasteiger partial charge in [0.25, 0.3) is 0 Å². The van der Waals surface area contributed by atoms with Crippen LogP contribution in [0.4, 0.5) is 0 Å². The average Bonchev–Trinajstić information content (AvgIpc) is 2.26. The van der Waals surface area contributed by atoms with Crippen LogP contribution < -0.4 is 11.1 Å². The maximum absolute atomic E-state index is 12.4. The van der Waals surface area contributed by atoms with E-state index in [0.29, 0.717) is 10.0 Å². The fourth-order valence-electron chi connectivity index (χ4n) is 1.60. The van der Waals surface area contributed by atoms with Gasteiger partial charge >= 0.3 is 0 Å². The highest BCUT2D eigenvalue weighted by Gasteiger charge is 2.40. The number of carbonyl (C=O) groups is 1. The number of nitrogens with two attached hydrogens (primary N) is 1. The van der Waals surface area contributed by atoms with Crippen molar-refractivity contribution < 1.29 is 4.79 Å². The van der Waals surface area contributed by atoms with E-state index in [1.54, 1.807) is 12.1 Å². The highest BCUT2D eigenvalue weighted by Crippen LogP contribution is 2.31. The van der Waals surface area contributed by atoms with Crippen LogP contribution in [0.5, 0.6) is 0 Å². The van der Waals surface area contributed by atoms with Crippen molar-refractivity contribution in [3.05, 3.63) is 33.8 Å². The summed E-state index contributed by atoms with van der Waals surface area (Å²) in [5, 5.41) is 4.06. The van der Waals surface area contributed by atoms with Crippen LogP contribution in [-0.4, -0.2) is 11.4 Å². The minimum atomic E-state index is -0.694. The summed E-state index contributed by atoms with van der Waals surface area (Å²) in [6, 6.07) is 5.02. The number of nitrogens with one attached hydrogen (secondary N) is 1. The van der Waals surface area contributed by atoms with E-state index in [9.17, 15) is 4.79 Å². The van der Waals surface area contributed by atoms with Gasteiger partial charge in [-0.1, -0.05) is 29.3 Å². The zero-order valence-corrected chi connectivity index (χ0v) is 14.1. The normalized spacial score (nSPS) is 14.0. The lowest BCUT2D eigenvalue weighted by molar-refractivity contribution is -0.132. The predicted octanol–water partition coefficient (Wildman–Crippen LogP) is 3.93. The number of carbonyl (C=O) groups excluding carboxylic acids is 1. The minimum absolute atomic E-state index is 0.108. The van der Waals surface area contributed by atoms with Gasteiger partial charge in [0.05, 0.1) is 11.5 Å². The topological polar surface area (TPSA) is 55.1 Å². The molecule has 1 aromatic rings. The Hall–Kier alpha value is -0.770. The molecule has 1 amide bonds. The summed E-state index contributed by atoms with van der Waals surface area (Å²) >= 11 is 12.0. The smallest absolute Gasteiger partial charge is 0.227 e. The van der Waals surface area contributed by atoms with Crippen LogP contribution in [-0.2, 0) is 4.79 Å². The highest BCUT2D eigenvalue weighted by atomic mass is 35.5. The van der Waals surface area contributed by atoms with Crippen molar-refractivity contribution in [3.63, 3.8) is 0 Å². The zero-order valence-electron chi connectivity index (χ0n) is 12.6. The van der Waals surface area contributed by atoms with E-state index in [0.717, 1.165) is 5.56 Å². The summed E-state index contributed by atoms with van der Waals surface area (Å²) in [6.07, 6.45) is 0. The summed E-state index contributed by atoms with van der Waals surface area (Å²) in [5.41, 5.74) is 5.58. The molecule has 0 heterocycles. The predicted molar refractivity (Wildman–Crippen MR) is 85.1 cm³/mol. The quantitative estimate of drug-likeness (QED) is 0.884. The lowest BCUT2D eigenvalue weighted by Gasteiger charge is -2.37. The van der Waals surface area contributed by atoms with Gasteiger partial charge in [-0.3, -0.25) is 4.79 Å². The Balaban J connectivity index is 2.91. The number of benzene rings is 1. The zero-order chi connectivity index (χ0) is 15.7. The lowest BCUT2D eigenvalue weighted by Crippen LogP contribution is -2.55. The van der Waals surface area contributed by atoms with Crippen LogP contribution in [0.1, 0.15) is 46.2 Å². The van der Waals surface area contributed by atoms with Crippen LogP contribution in [0.2, 0.25) is 10.0 Å². The van der Waals surface area contributed by atoms with Gasteiger partial charge in [-0.2, -0.15) is 0 Å². The summed E-state index contributed by atoms with van der Waals surface area (Å²) in [6.45, 7) is 9.22. The highest BCUT2D eigenvalue weighted by molar-refractivity contribution is 6.35. The van der Waals surface area contributed by atoms with Gasteiger partial charge in [0, 0.05) is 15.6 Å². The van der Waals surface area contributed by atoms with Crippen LogP contribution in [0.3, 0.4) is 0 Å². The summed E-state index contributed by atoms with van der Waals surface area (Å²) in [5.74, 6) is -0.108. The molecule has 0 aromatic heterocycles. The Bertz CT molecular complexity index is 507. The van der Waals surface area contributed by atoms with Crippen LogP contribution in [0, 0.1) is 5.41 Å². The molecule has 1 unspecified atom stereocenters. The molecular weight excluding hydrogens is 295 g/mol. The summed E-state index contributed by atoms with van der Waals surface area (Å²) in [4.78, 5) is 12.4. The van der Waals surface area contributed by atoms with Gasteiger partial charge in [0.2, 0.25) is 5.91 Å². The number of halogens is 2. The molecule has 0 radical (unpaired) electrons. The molecule has 20 heavy (non-hydrogen) atoms. The molecule has 0 spiro atoms. The van der Waals surface area contributed by atoms with Crippen LogP contribution in [0.25, 0.3) is 0 Å². The van der Waals surface area contributed by atoms with Crippen molar-refractivity contribution in [2.24, 2.45) is 11.1 Å². The van der Waals surface area contributed by atoms with Crippen molar-refractivity contribution in [1.29, 1.82) is 0 Å². The Morgan fingerprint density at radius 1 is 1.25 bits per heavy atom. The van der Waals surface area contributed by atoms with E-state index in [4.69, 9.17) is 28.9 Å². The van der Waals surface area contributed by atoms with Crippen molar-refractivity contribution in [1.82, 2.24) is 5.32 Å². The molecule has 0 aliphatic rings. The Morgan fingerprint density at radius 3 is 2.25 bits per heavy atom. The molecule has 1 aromatic carbocycles. The molecule has 1 atom stereocenters. The molecule has 3 nitrogen and oxygen atoms in total. The second kappa shape index (κ2) is 5.92. The van der Waals surface area contributed by atoms with Crippen molar-refractivity contribution in [3.8, 4) is 0 Å². The Kier molecular flexibility index (Phi) is 5.12. The molecule has 5 heteroatoms. The minimum Gasteiger partial charge on any atom is -0.349 e. The summed E-state index contributed by atoms with van der Waals surface area (Å²) < 4.78 is 0. The fourth-order valence-corrected chi connectivity index (χ4v) is 2.17. The maximum Gasteiger partial charge on any atom is 0.227 e. The Morgan fingerprint density at radius 2 is 1.80 bits per heavy atom. The third-order valence-corrected chi connectivity index (χ3v) is 4.52. The van der Waals surface area contributed by atoms with E-state index in [2.05, 4.69) is 5.32 Å². The number of hydrogen-bond acceptors (Lipinski definition) is 2. The standard InChI is InChI=1S/C15H22Cl2N2O/c1-9(11-7-6-10(16)8-12(11)17)19-13(20)14(2,3)15(4,5)18/h6-9H,18H2,1-5H3,(H,19,20). The number of hydrogen-bond donors (Lipinski definition) is 2. The molecular formula is C15H22Cl2N2O. The number of rotatable bonds is 4. The van der Waals surface area contributed by atoms with Crippen molar-refractivity contribution in [2.75, 3.05) is 0 Å². The van der Waals surface area contributed by atoms with Gasteiger partial charge in [0.1, 0.15) is 0 Å². The first-order valence-corrected chi connectivity index (χ1v) is 7.27. The molecule has 1 rings (SSSR count). The second-order valence-corrected chi connectivity index (χ2v) is 7.05. The van der Waals surface area contributed by atoms with Gasteiger partial charge in [-0.15, -0.1) is 0 Å². The van der Waals surface area contributed by atoms with Gasteiger partial charge in [-0.05, 0) is 52.3 Å². The average molecular weight is 317 g/mol. The molecule has 0 saturated carbocycles. The van der Waals surface area contributed by atoms with Crippen molar-refractivity contribution >= 4 is 29.1 Å². The van der Waals surface area contributed by atoms with Gasteiger partial charge in [-0.25, -0.2) is 0 Å². The molecule has 0 saturated heterocycles. The summed E-state index contributed by atoms with van der Waals surface area (Å²) in [7, 11) is 0. The molecule has 0 bridgehead atoms. The van der Waals surface area contributed by atoms with Crippen LogP contribution >= 0.6 is 23.2 Å². The number of amides is 1. The van der Waals surface area contributed by atoms with Crippen LogP contribution in [0.15, 0.2) is 18.2 Å². The molecule has 0 aliphatic heterocycles. The first kappa shape index (κ1) is 17.3. The largest absolute Gasteiger partial charge is 0.349 e. The SMILES string of the molecule is CC(NC(=O)C(C)(C)C(C)(C)N)c1ccc(Cl)cc1Cl. The molecule has 0 fully saturated rings. The molecule has 0 aliphatic carbocycles. The lowest BCUT2D eigenvalue weighted by atomic mass is 9.74. The molecule has 112 valence electrons. The van der Waals surface area contributed by atoms with E-state index in [-0.39, 0.29) is 11.9 Å². The van der Waals surface area contributed by atoms with Gasteiger partial charge < -0.3 is 11.1 Å². The van der Waals surface area contributed by atoms with E-state index < -0.39 is 11.0 Å². The first-order chi connectivity index (χ1) is 8.96. The van der Waals surface area contributed by atoms with Gasteiger partial charge in [0.15, 0.2) is 0 Å². The monoisotopic (exact) mass is 316 g/mol. The fraction of sp³-hybridized carbons (Fsp3) is 0.533. The molecule has 3 N–H and O–H groups in total. The van der Waals surface area contributed by atoms with E-state index in [1.165, 1.54) is 0 Å². The second-order valence-electron chi connectivity index (χ2n) is 6.21. The van der Waals surface area contributed by atoms with Crippen molar-refractivity contribution in [2.45, 2.75) is 46.2 Å². The van der Waals surface area contributed by atoms with E-state index in [1.807, 2.05) is 40.7 Å².